The molecular weight excluding hydrogens is 829 g/mol. The highest BCUT2D eigenvalue weighted by molar-refractivity contribution is 5.71. The Bertz CT molecular complexity index is 1440. The number of carbonyl (C=O) groups is 3. The molecule has 0 aromatic heterocycles. The van der Waals surface area contributed by atoms with Crippen molar-refractivity contribution in [3.63, 3.8) is 0 Å². The summed E-state index contributed by atoms with van der Waals surface area (Å²) in [6.07, 6.45) is 74.7. The molecular formula is C61H98O6. The Labute approximate surface area is 412 Å². The van der Waals surface area contributed by atoms with Gasteiger partial charge in [-0.25, -0.2) is 0 Å². The Kier molecular flexibility index (Phi) is 51.0. The van der Waals surface area contributed by atoms with Crippen LogP contribution in [0.3, 0.4) is 0 Å². The second-order valence-corrected chi connectivity index (χ2v) is 17.4. The number of allylic oxidation sites excluding steroid dienone is 20. The summed E-state index contributed by atoms with van der Waals surface area (Å²) in [5.41, 5.74) is 0. The second-order valence-electron chi connectivity index (χ2n) is 17.4. The molecule has 0 amide bonds. The molecule has 0 heterocycles. The number of hydrogen-bond donors (Lipinski definition) is 0. The van der Waals surface area contributed by atoms with Gasteiger partial charge in [0.15, 0.2) is 6.10 Å². The molecule has 0 aliphatic carbocycles. The summed E-state index contributed by atoms with van der Waals surface area (Å²) < 4.78 is 16.8. The average Bonchev–Trinajstić information content (AvgIpc) is 3.33. The lowest BCUT2D eigenvalue weighted by molar-refractivity contribution is -0.167. The minimum atomic E-state index is -0.822. The monoisotopic (exact) mass is 927 g/mol. The Hall–Kier alpha value is -4.19. The lowest BCUT2D eigenvalue weighted by Gasteiger charge is -2.18. The number of hydrogen-bond acceptors (Lipinski definition) is 6. The van der Waals surface area contributed by atoms with Crippen LogP contribution in [-0.2, 0) is 28.6 Å². The zero-order valence-corrected chi connectivity index (χ0v) is 43.1. The standard InChI is InChI=1S/C61H98O6/c1-4-7-10-13-16-19-22-25-28-29-30-31-34-36-39-42-45-48-51-54-60(63)66-57-58(67-61(64)55-52-49-46-43-40-37-33-27-24-21-18-15-12-9-6-3)56-65-59(62)53-50-47-44-41-38-35-32-26-23-20-17-14-11-8-5-2/h9,12,16-21,25-28,30-33,36,39-40,43,58H,4-8,10-11,13-15,22-24,29,34-35,37-38,41-42,44-57H2,1-3H3/b12-9-,19-16-,20-17-,21-18-,28-25-,31-30-,32-26-,33-27-,39-36-,43-40-/t58-/m1/s1. The number of unbranched alkanes of at least 4 members (excludes halogenated alkanes) is 16. The highest BCUT2D eigenvalue weighted by Gasteiger charge is 2.19. The maximum atomic E-state index is 12.8. The molecule has 6 nitrogen and oxygen atoms in total. The summed E-state index contributed by atoms with van der Waals surface area (Å²) in [5.74, 6) is -1.01. The van der Waals surface area contributed by atoms with Crippen LogP contribution in [0.4, 0.5) is 0 Å². The van der Waals surface area contributed by atoms with Gasteiger partial charge in [-0.2, -0.15) is 0 Å². The van der Waals surface area contributed by atoms with Crippen molar-refractivity contribution in [2.24, 2.45) is 0 Å². The first-order chi connectivity index (χ1) is 33.0. The van der Waals surface area contributed by atoms with Gasteiger partial charge in [0.1, 0.15) is 13.2 Å². The average molecular weight is 927 g/mol. The van der Waals surface area contributed by atoms with Crippen molar-refractivity contribution >= 4 is 17.9 Å². The summed E-state index contributed by atoms with van der Waals surface area (Å²) in [6, 6.07) is 0. The molecule has 0 saturated heterocycles. The fourth-order valence-electron chi connectivity index (χ4n) is 6.86. The minimum Gasteiger partial charge on any atom is -0.462 e. The predicted octanol–water partition coefficient (Wildman–Crippen LogP) is 18.1. The van der Waals surface area contributed by atoms with Crippen LogP contribution in [0.1, 0.15) is 226 Å². The molecule has 0 rings (SSSR count). The third-order valence-corrected chi connectivity index (χ3v) is 10.9. The summed E-state index contributed by atoms with van der Waals surface area (Å²) >= 11 is 0. The molecule has 6 heteroatoms. The van der Waals surface area contributed by atoms with Crippen molar-refractivity contribution in [2.45, 2.75) is 232 Å². The molecule has 0 saturated carbocycles. The predicted molar refractivity (Wildman–Crippen MR) is 288 cm³/mol. The van der Waals surface area contributed by atoms with Gasteiger partial charge in [-0.05, 0) is 135 Å². The van der Waals surface area contributed by atoms with Crippen LogP contribution in [0.15, 0.2) is 122 Å². The molecule has 0 spiro atoms. The summed E-state index contributed by atoms with van der Waals surface area (Å²) in [5, 5.41) is 0. The van der Waals surface area contributed by atoms with Crippen LogP contribution in [0.5, 0.6) is 0 Å². The summed E-state index contributed by atoms with van der Waals surface area (Å²) in [4.78, 5) is 38.1. The van der Waals surface area contributed by atoms with Crippen molar-refractivity contribution in [1.29, 1.82) is 0 Å². The van der Waals surface area contributed by atoms with Crippen molar-refractivity contribution in [3.8, 4) is 0 Å². The lowest BCUT2D eigenvalue weighted by atomic mass is 10.1. The second kappa shape index (κ2) is 54.4. The van der Waals surface area contributed by atoms with E-state index in [0.717, 1.165) is 128 Å². The molecule has 0 aliphatic rings. The first-order valence-electron chi connectivity index (χ1n) is 27.0. The Morgan fingerprint density at radius 2 is 0.582 bits per heavy atom. The van der Waals surface area contributed by atoms with Crippen LogP contribution in [0, 0.1) is 0 Å². The van der Waals surface area contributed by atoms with Crippen molar-refractivity contribution < 1.29 is 28.6 Å². The fraction of sp³-hybridized carbons (Fsp3) is 0.623. The highest BCUT2D eigenvalue weighted by atomic mass is 16.6. The zero-order chi connectivity index (χ0) is 48.6. The third-order valence-electron chi connectivity index (χ3n) is 10.9. The van der Waals surface area contributed by atoms with Crippen LogP contribution in [0.2, 0.25) is 0 Å². The van der Waals surface area contributed by atoms with Gasteiger partial charge in [0.25, 0.3) is 0 Å². The van der Waals surface area contributed by atoms with Gasteiger partial charge in [0.2, 0.25) is 0 Å². The molecule has 0 N–H and O–H groups in total. The fourth-order valence-corrected chi connectivity index (χ4v) is 6.86. The summed E-state index contributed by atoms with van der Waals surface area (Å²) in [6.45, 7) is 6.38. The van der Waals surface area contributed by atoms with Crippen molar-refractivity contribution in [2.75, 3.05) is 13.2 Å². The van der Waals surface area contributed by atoms with E-state index in [1.54, 1.807) is 0 Å². The van der Waals surface area contributed by atoms with E-state index in [4.69, 9.17) is 14.2 Å². The van der Waals surface area contributed by atoms with Gasteiger partial charge in [-0.1, -0.05) is 194 Å². The molecule has 0 fully saturated rings. The van der Waals surface area contributed by atoms with Gasteiger partial charge < -0.3 is 14.2 Å². The molecule has 1 atom stereocenters. The first kappa shape index (κ1) is 62.8. The van der Waals surface area contributed by atoms with E-state index in [1.165, 1.54) is 51.4 Å². The molecule has 0 aromatic rings. The van der Waals surface area contributed by atoms with E-state index in [9.17, 15) is 14.4 Å². The highest BCUT2D eigenvalue weighted by Crippen LogP contribution is 2.12. The van der Waals surface area contributed by atoms with Crippen LogP contribution >= 0.6 is 0 Å². The van der Waals surface area contributed by atoms with E-state index < -0.39 is 6.10 Å². The molecule has 0 aliphatic heterocycles. The van der Waals surface area contributed by atoms with Gasteiger partial charge in [0.05, 0.1) is 0 Å². The van der Waals surface area contributed by atoms with E-state index in [0.29, 0.717) is 19.3 Å². The summed E-state index contributed by atoms with van der Waals surface area (Å²) in [7, 11) is 0. The van der Waals surface area contributed by atoms with Gasteiger partial charge in [-0.15, -0.1) is 0 Å². The maximum absolute atomic E-state index is 12.8. The van der Waals surface area contributed by atoms with Crippen molar-refractivity contribution in [3.05, 3.63) is 122 Å². The number of ether oxygens (including phenoxy) is 3. The Morgan fingerprint density at radius 3 is 0.955 bits per heavy atom. The van der Waals surface area contributed by atoms with Crippen LogP contribution in [0.25, 0.3) is 0 Å². The number of rotatable bonds is 47. The van der Waals surface area contributed by atoms with E-state index in [-0.39, 0.29) is 37.5 Å². The zero-order valence-electron chi connectivity index (χ0n) is 43.1. The minimum absolute atomic E-state index is 0.116. The number of esters is 3. The quantitative estimate of drug-likeness (QED) is 0.0262. The smallest absolute Gasteiger partial charge is 0.306 e. The van der Waals surface area contributed by atoms with Gasteiger partial charge in [0, 0.05) is 19.3 Å². The number of carbonyl (C=O) groups excluding carboxylic acids is 3. The van der Waals surface area contributed by atoms with Crippen molar-refractivity contribution in [1.82, 2.24) is 0 Å². The molecule has 0 bridgehead atoms. The van der Waals surface area contributed by atoms with E-state index in [2.05, 4.69) is 142 Å². The van der Waals surface area contributed by atoms with Crippen LogP contribution in [-0.4, -0.2) is 37.2 Å². The van der Waals surface area contributed by atoms with Gasteiger partial charge >= 0.3 is 17.9 Å². The SMILES string of the molecule is CC/C=C\C/C=C\C/C=C\C/C=C\CCCCC(=O)O[C@@H](COC(=O)CCCCC/C=C\C/C=C\C/C=C\C/C=C\CCCCC)COC(=O)CCCCCCC/C=C\C/C=C\CCCCC. The Morgan fingerprint density at radius 1 is 0.313 bits per heavy atom. The molecule has 0 radical (unpaired) electrons. The maximum Gasteiger partial charge on any atom is 0.306 e. The molecule has 67 heavy (non-hydrogen) atoms. The van der Waals surface area contributed by atoms with Crippen LogP contribution < -0.4 is 0 Å². The van der Waals surface area contributed by atoms with E-state index in [1.807, 2.05) is 0 Å². The van der Waals surface area contributed by atoms with Gasteiger partial charge in [-0.3, -0.25) is 14.4 Å². The topological polar surface area (TPSA) is 78.9 Å². The van der Waals surface area contributed by atoms with E-state index >= 15 is 0 Å². The first-order valence-corrected chi connectivity index (χ1v) is 27.0. The largest absolute Gasteiger partial charge is 0.462 e. The Balaban J connectivity index is 4.55. The lowest BCUT2D eigenvalue weighted by Crippen LogP contribution is -2.30. The molecule has 378 valence electrons. The third kappa shape index (κ3) is 52.6. The molecule has 0 aromatic carbocycles. The normalized spacial score (nSPS) is 13.1. The molecule has 0 unspecified atom stereocenters.